The van der Waals surface area contributed by atoms with Crippen LogP contribution in [-0.2, 0) is 9.53 Å². The van der Waals surface area contributed by atoms with E-state index in [0.29, 0.717) is 51.4 Å². The minimum atomic E-state index is -0.514. The molecule has 2 atom stereocenters. The standard InChI is InChI=1S/C35H45N5O4S/c1-24-10-6-7-11-26(24)33(42)36-30-14-15-31(28-13-9-8-12-27(28)30)45-37-29-16-17-40(22-25(29)2)32(41)23-38-18-20-39(21-19-38)34(43)44-35(3,4)5/h6-15,25,29,37H,16-23H2,1-5H3,(H,36,42)/t25-,29?/m1/s1. The highest BCUT2D eigenvalue weighted by molar-refractivity contribution is 7.97. The molecule has 0 aromatic heterocycles. The number of aryl methyl sites for hydroxylation is 1. The van der Waals surface area contributed by atoms with Gasteiger partial charge in [0.2, 0.25) is 5.91 Å². The Morgan fingerprint density at radius 2 is 1.58 bits per heavy atom. The van der Waals surface area contributed by atoms with E-state index in [1.807, 2.05) is 81.1 Å². The van der Waals surface area contributed by atoms with Crippen molar-refractivity contribution in [3.8, 4) is 0 Å². The minimum absolute atomic E-state index is 0.116. The summed E-state index contributed by atoms with van der Waals surface area (Å²) < 4.78 is 9.17. The second-order valence-corrected chi connectivity index (χ2v) is 14.0. The van der Waals surface area contributed by atoms with Crippen molar-refractivity contribution in [3.05, 3.63) is 71.8 Å². The van der Waals surface area contributed by atoms with E-state index >= 15 is 0 Å². The lowest BCUT2D eigenvalue weighted by Gasteiger charge is -2.39. The number of nitrogens with zero attached hydrogens (tertiary/aromatic N) is 3. The number of carbonyl (C=O) groups is 3. The lowest BCUT2D eigenvalue weighted by Crippen LogP contribution is -2.54. The molecule has 0 radical (unpaired) electrons. The molecule has 0 aliphatic carbocycles. The molecule has 3 aromatic carbocycles. The van der Waals surface area contributed by atoms with Gasteiger partial charge in [0.1, 0.15) is 5.60 Å². The van der Waals surface area contributed by atoms with E-state index in [-0.39, 0.29) is 29.9 Å². The fourth-order valence-electron chi connectivity index (χ4n) is 5.88. The summed E-state index contributed by atoms with van der Waals surface area (Å²) in [5, 5.41) is 5.17. The first-order valence-corrected chi connectivity index (χ1v) is 16.6. The van der Waals surface area contributed by atoms with E-state index in [1.54, 1.807) is 16.8 Å². The highest BCUT2D eigenvalue weighted by Gasteiger charge is 2.31. The zero-order valence-electron chi connectivity index (χ0n) is 27.0. The minimum Gasteiger partial charge on any atom is -0.444 e. The molecule has 240 valence electrons. The highest BCUT2D eigenvalue weighted by Crippen LogP contribution is 2.33. The van der Waals surface area contributed by atoms with Gasteiger partial charge in [-0.25, -0.2) is 4.79 Å². The average molecular weight is 632 g/mol. The van der Waals surface area contributed by atoms with E-state index in [1.165, 1.54) is 0 Å². The van der Waals surface area contributed by atoms with E-state index < -0.39 is 5.60 Å². The SMILES string of the molecule is Cc1ccccc1C(=O)Nc1ccc(SNC2CCN(C(=O)CN3CCN(C(=O)OC(C)(C)C)CC3)C[C@H]2C)c2ccccc12. The normalized spacial score (nSPS) is 19.4. The second kappa shape index (κ2) is 14.2. The topological polar surface area (TPSA) is 94.2 Å². The molecule has 10 heteroatoms. The Kier molecular flexibility index (Phi) is 10.4. The number of hydrogen-bond acceptors (Lipinski definition) is 7. The number of piperazine rings is 1. The van der Waals surface area contributed by atoms with Crippen LogP contribution in [0.5, 0.6) is 0 Å². The average Bonchev–Trinajstić information content (AvgIpc) is 3.00. The Bertz CT molecular complexity index is 1530. The molecule has 9 nitrogen and oxygen atoms in total. The van der Waals surface area contributed by atoms with Crippen LogP contribution in [0.4, 0.5) is 10.5 Å². The quantitative estimate of drug-likeness (QED) is 0.319. The number of anilines is 1. The Morgan fingerprint density at radius 3 is 2.27 bits per heavy atom. The molecule has 2 N–H and O–H groups in total. The summed E-state index contributed by atoms with van der Waals surface area (Å²) in [5.41, 5.74) is 1.88. The second-order valence-electron chi connectivity index (χ2n) is 13.1. The first kappa shape index (κ1) is 32.8. The van der Waals surface area contributed by atoms with Crippen molar-refractivity contribution >= 4 is 46.3 Å². The maximum Gasteiger partial charge on any atom is 0.410 e. The molecule has 2 aliphatic heterocycles. The number of nitrogens with one attached hydrogen (secondary N) is 2. The largest absolute Gasteiger partial charge is 0.444 e. The summed E-state index contributed by atoms with van der Waals surface area (Å²) in [5.74, 6) is 0.320. The van der Waals surface area contributed by atoms with Crippen LogP contribution >= 0.6 is 11.9 Å². The number of benzene rings is 3. The zero-order valence-corrected chi connectivity index (χ0v) is 27.8. The number of hydrogen-bond donors (Lipinski definition) is 2. The van der Waals surface area contributed by atoms with E-state index in [4.69, 9.17) is 4.74 Å². The van der Waals surface area contributed by atoms with E-state index in [2.05, 4.69) is 34.0 Å². The van der Waals surface area contributed by atoms with Gasteiger partial charge in [-0.15, -0.1) is 0 Å². The van der Waals surface area contributed by atoms with Gasteiger partial charge in [-0.05, 0) is 81.1 Å². The molecule has 1 unspecified atom stereocenters. The van der Waals surface area contributed by atoms with Gasteiger partial charge in [0.15, 0.2) is 0 Å². The molecule has 45 heavy (non-hydrogen) atoms. The van der Waals surface area contributed by atoms with Gasteiger partial charge in [-0.3, -0.25) is 19.2 Å². The molecule has 2 saturated heterocycles. The van der Waals surface area contributed by atoms with Crippen molar-refractivity contribution in [1.82, 2.24) is 19.4 Å². The Balaban J connectivity index is 1.12. The highest BCUT2D eigenvalue weighted by atomic mass is 32.2. The van der Waals surface area contributed by atoms with E-state index in [0.717, 1.165) is 33.3 Å². The molecular formula is C35H45N5O4S. The Labute approximate surface area is 270 Å². The zero-order chi connectivity index (χ0) is 32.1. The molecule has 5 rings (SSSR count). The predicted molar refractivity (Wildman–Crippen MR) is 180 cm³/mol. The lowest BCUT2D eigenvalue weighted by molar-refractivity contribution is -0.134. The third-order valence-corrected chi connectivity index (χ3v) is 9.48. The van der Waals surface area contributed by atoms with Crippen LogP contribution in [0, 0.1) is 12.8 Å². The summed E-state index contributed by atoms with van der Waals surface area (Å²) >= 11 is 1.61. The molecule has 2 aliphatic rings. The van der Waals surface area contributed by atoms with Gasteiger partial charge in [0.25, 0.3) is 5.91 Å². The summed E-state index contributed by atoms with van der Waals surface area (Å²) in [6.07, 6.45) is 0.582. The number of carbonyl (C=O) groups excluding carboxylic acids is 3. The summed E-state index contributed by atoms with van der Waals surface area (Å²) in [6.45, 7) is 14.0. The van der Waals surface area contributed by atoms with Crippen LogP contribution in [0.15, 0.2) is 65.6 Å². The molecule has 3 amide bonds. The molecule has 2 heterocycles. The van der Waals surface area contributed by atoms with Crippen LogP contribution in [0.1, 0.15) is 50.0 Å². The van der Waals surface area contributed by atoms with Crippen molar-refractivity contribution in [1.29, 1.82) is 0 Å². The van der Waals surface area contributed by atoms with Gasteiger partial charge in [0, 0.05) is 66.8 Å². The van der Waals surface area contributed by atoms with Gasteiger partial charge in [-0.1, -0.05) is 49.4 Å². The smallest absolute Gasteiger partial charge is 0.410 e. The van der Waals surface area contributed by atoms with Crippen LogP contribution < -0.4 is 10.0 Å². The van der Waals surface area contributed by atoms with Gasteiger partial charge < -0.3 is 19.9 Å². The molecule has 0 saturated carbocycles. The number of amides is 3. The molecule has 0 bridgehead atoms. The molecule has 2 fully saturated rings. The van der Waals surface area contributed by atoms with Crippen LogP contribution in [0.3, 0.4) is 0 Å². The van der Waals surface area contributed by atoms with E-state index in [9.17, 15) is 14.4 Å². The summed E-state index contributed by atoms with van der Waals surface area (Å²) in [4.78, 5) is 45.5. The van der Waals surface area contributed by atoms with Crippen molar-refractivity contribution in [2.45, 2.75) is 57.6 Å². The number of fused-ring (bicyclic) bond motifs is 1. The number of rotatable bonds is 7. The number of ether oxygens (including phenoxy) is 1. The van der Waals surface area contributed by atoms with Crippen molar-refractivity contribution in [2.24, 2.45) is 5.92 Å². The predicted octanol–water partition coefficient (Wildman–Crippen LogP) is 5.79. The summed E-state index contributed by atoms with van der Waals surface area (Å²) in [6, 6.07) is 20.0. The van der Waals surface area contributed by atoms with Crippen LogP contribution in [0.25, 0.3) is 10.8 Å². The maximum atomic E-state index is 13.2. The third kappa shape index (κ3) is 8.36. The van der Waals surface area contributed by atoms with Crippen molar-refractivity contribution in [2.75, 3.05) is 51.1 Å². The fourth-order valence-corrected chi connectivity index (χ4v) is 6.93. The van der Waals surface area contributed by atoms with Gasteiger partial charge in [0.05, 0.1) is 6.54 Å². The molecule has 3 aromatic rings. The van der Waals surface area contributed by atoms with Gasteiger partial charge in [-0.2, -0.15) is 0 Å². The first-order chi connectivity index (χ1) is 21.5. The maximum absolute atomic E-state index is 13.2. The third-order valence-electron chi connectivity index (χ3n) is 8.48. The number of piperidine rings is 1. The molecular weight excluding hydrogens is 586 g/mol. The lowest BCUT2D eigenvalue weighted by atomic mass is 9.95. The van der Waals surface area contributed by atoms with Crippen LogP contribution in [0.2, 0.25) is 0 Å². The fraction of sp³-hybridized carbons (Fsp3) is 0.457. The monoisotopic (exact) mass is 631 g/mol. The Hall–Kier alpha value is -3.60. The molecule has 0 spiro atoms. The Morgan fingerprint density at radius 1 is 0.889 bits per heavy atom. The van der Waals surface area contributed by atoms with Crippen LogP contribution in [-0.4, -0.2) is 90.1 Å². The summed E-state index contributed by atoms with van der Waals surface area (Å²) in [7, 11) is 0. The van der Waals surface area contributed by atoms with Crippen molar-refractivity contribution < 1.29 is 19.1 Å². The van der Waals surface area contributed by atoms with Crippen molar-refractivity contribution in [3.63, 3.8) is 0 Å². The number of likely N-dealkylation sites (tertiary alicyclic amines) is 1. The first-order valence-electron chi connectivity index (χ1n) is 15.8. The van der Waals surface area contributed by atoms with Gasteiger partial charge >= 0.3 is 6.09 Å².